The zero-order valence-corrected chi connectivity index (χ0v) is 8.80. The summed E-state index contributed by atoms with van der Waals surface area (Å²) < 4.78 is 0. The molecular formula is C11H12O2S. The van der Waals surface area contributed by atoms with E-state index >= 15 is 0 Å². The maximum Gasteiger partial charge on any atom is 0.219 e. The van der Waals surface area contributed by atoms with Crippen LogP contribution >= 0.6 is 11.8 Å². The molecule has 1 aliphatic rings. The second kappa shape index (κ2) is 3.75. The third-order valence-corrected chi connectivity index (χ3v) is 3.22. The zero-order chi connectivity index (χ0) is 10.1. The van der Waals surface area contributed by atoms with Crippen LogP contribution in [0.4, 0.5) is 0 Å². The first-order valence-corrected chi connectivity index (χ1v) is 5.84. The zero-order valence-electron chi connectivity index (χ0n) is 7.99. The summed E-state index contributed by atoms with van der Waals surface area (Å²) in [5, 5.41) is 9.70. The smallest absolute Gasteiger partial charge is 0.219 e. The van der Waals surface area contributed by atoms with E-state index in [1.54, 1.807) is 6.26 Å². The molecule has 0 radical (unpaired) electrons. The molecule has 0 saturated carbocycles. The summed E-state index contributed by atoms with van der Waals surface area (Å²) in [6.45, 7) is 0. The average Bonchev–Trinajstić information content (AvgIpc) is 2.59. The highest BCUT2D eigenvalue weighted by Crippen LogP contribution is 2.31. The number of aryl methyl sites for hydroxylation is 1. The van der Waals surface area contributed by atoms with Gasteiger partial charge in [-0.15, -0.1) is 0 Å². The minimum atomic E-state index is -0.375. The van der Waals surface area contributed by atoms with Crippen LogP contribution < -0.4 is 0 Å². The molecule has 0 aliphatic heterocycles. The molecule has 0 heterocycles. The van der Waals surface area contributed by atoms with Gasteiger partial charge in [-0.3, -0.25) is 4.79 Å². The summed E-state index contributed by atoms with van der Waals surface area (Å²) in [5.41, 5.74) is 2.80. The number of carbonyl (C=O) groups is 1. The fraction of sp³-hybridized carbons (Fsp3) is 0.364. The standard InChI is InChI=1S/C11H12O2S/c1-14-11(13)8-3-2-7-4-5-10(12)9(7)6-8/h2-3,6,10,12H,4-5H2,1H3. The van der Waals surface area contributed by atoms with Crippen LogP contribution in [-0.2, 0) is 6.42 Å². The van der Waals surface area contributed by atoms with Gasteiger partial charge in [0.25, 0.3) is 0 Å². The minimum Gasteiger partial charge on any atom is -0.388 e. The lowest BCUT2D eigenvalue weighted by molar-refractivity contribution is 0.108. The molecule has 1 aliphatic carbocycles. The predicted molar refractivity (Wildman–Crippen MR) is 57.6 cm³/mol. The van der Waals surface area contributed by atoms with Crippen molar-refractivity contribution in [2.45, 2.75) is 18.9 Å². The summed E-state index contributed by atoms with van der Waals surface area (Å²) >= 11 is 1.20. The molecule has 0 saturated heterocycles. The summed E-state index contributed by atoms with van der Waals surface area (Å²) in [6, 6.07) is 5.62. The van der Waals surface area contributed by atoms with Crippen LogP contribution in [0.25, 0.3) is 0 Å². The first kappa shape index (κ1) is 9.74. The summed E-state index contributed by atoms with van der Waals surface area (Å²) in [6.07, 6.45) is 3.10. The van der Waals surface area contributed by atoms with Crippen LogP contribution in [0.3, 0.4) is 0 Å². The molecule has 1 unspecified atom stereocenters. The second-order valence-corrected chi connectivity index (χ2v) is 4.24. The summed E-state index contributed by atoms with van der Waals surface area (Å²) in [7, 11) is 0. The number of benzene rings is 1. The van der Waals surface area contributed by atoms with Gasteiger partial charge < -0.3 is 5.11 Å². The highest BCUT2D eigenvalue weighted by atomic mass is 32.2. The van der Waals surface area contributed by atoms with Crippen molar-refractivity contribution in [3.05, 3.63) is 34.9 Å². The number of rotatable bonds is 1. The van der Waals surface area contributed by atoms with Gasteiger partial charge in [-0.1, -0.05) is 23.9 Å². The largest absolute Gasteiger partial charge is 0.388 e. The molecule has 1 aromatic rings. The Kier molecular flexibility index (Phi) is 2.61. The van der Waals surface area contributed by atoms with E-state index in [0.717, 1.165) is 18.4 Å². The van der Waals surface area contributed by atoms with E-state index in [-0.39, 0.29) is 11.2 Å². The highest BCUT2D eigenvalue weighted by Gasteiger charge is 2.21. The molecule has 0 aromatic heterocycles. The molecule has 74 valence electrons. The fourth-order valence-electron chi connectivity index (χ4n) is 1.83. The molecule has 0 spiro atoms. The Balaban J connectivity index is 2.39. The average molecular weight is 208 g/mol. The summed E-state index contributed by atoms with van der Waals surface area (Å²) in [4.78, 5) is 11.4. The molecule has 2 nitrogen and oxygen atoms in total. The molecule has 3 heteroatoms. The Bertz CT molecular complexity index is 374. The number of thioether (sulfide) groups is 1. The number of hydrogen-bond donors (Lipinski definition) is 1. The van der Waals surface area contributed by atoms with Crippen LogP contribution in [0.2, 0.25) is 0 Å². The van der Waals surface area contributed by atoms with Crippen molar-refractivity contribution in [1.82, 2.24) is 0 Å². The van der Waals surface area contributed by atoms with E-state index in [2.05, 4.69) is 0 Å². The van der Waals surface area contributed by atoms with Crippen molar-refractivity contribution >= 4 is 16.9 Å². The van der Waals surface area contributed by atoms with Gasteiger partial charge in [-0.2, -0.15) is 0 Å². The fourth-order valence-corrected chi connectivity index (χ4v) is 2.19. The van der Waals surface area contributed by atoms with Crippen molar-refractivity contribution in [3.8, 4) is 0 Å². The maximum absolute atomic E-state index is 11.4. The third-order valence-electron chi connectivity index (χ3n) is 2.61. The van der Waals surface area contributed by atoms with Gasteiger partial charge >= 0.3 is 0 Å². The van der Waals surface area contributed by atoms with E-state index in [4.69, 9.17) is 0 Å². The van der Waals surface area contributed by atoms with Gasteiger partial charge in [0.1, 0.15) is 0 Å². The molecule has 1 N–H and O–H groups in total. The molecular weight excluding hydrogens is 196 g/mol. The van der Waals surface area contributed by atoms with E-state index < -0.39 is 0 Å². The number of aliphatic hydroxyl groups excluding tert-OH is 1. The SMILES string of the molecule is CSC(=O)c1ccc2c(c1)C(O)CC2. The molecule has 2 rings (SSSR count). The van der Waals surface area contributed by atoms with E-state index in [1.165, 1.54) is 17.3 Å². The van der Waals surface area contributed by atoms with Crippen LogP contribution in [-0.4, -0.2) is 16.5 Å². The predicted octanol–water partition coefficient (Wildman–Crippen LogP) is 2.17. The number of fused-ring (bicyclic) bond motifs is 1. The van der Waals surface area contributed by atoms with Crippen LogP contribution in [0.15, 0.2) is 18.2 Å². The molecule has 0 amide bonds. The monoisotopic (exact) mass is 208 g/mol. The molecule has 1 atom stereocenters. The van der Waals surface area contributed by atoms with Crippen molar-refractivity contribution in [2.24, 2.45) is 0 Å². The van der Waals surface area contributed by atoms with E-state index in [1.807, 2.05) is 18.2 Å². The highest BCUT2D eigenvalue weighted by molar-refractivity contribution is 8.13. The topological polar surface area (TPSA) is 37.3 Å². The van der Waals surface area contributed by atoms with Gasteiger partial charge in [0.05, 0.1) is 6.10 Å². The van der Waals surface area contributed by atoms with E-state index in [0.29, 0.717) is 5.56 Å². The Morgan fingerprint density at radius 2 is 2.36 bits per heavy atom. The quantitative estimate of drug-likeness (QED) is 0.768. The lowest BCUT2D eigenvalue weighted by Crippen LogP contribution is -1.96. The molecule has 0 bridgehead atoms. The molecule has 14 heavy (non-hydrogen) atoms. The number of carbonyl (C=O) groups excluding carboxylic acids is 1. The lowest BCUT2D eigenvalue weighted by Gasteiger charge is -2.05. The van der Waals surface area contributed by atoms with Gasteiger partial charge in [-0.25, -0.2) is 0 Å². The van der Waals surface area contributed by atoms with Crippen molar-refractivity contribution in [2.75, 3.05) is 6.26 Å². The van der Waals surface area contributed by atoms with Crippen molar-refractivity contribution in [3.63, 3.8) is 0 Å². The third kappa shape index (κ3) is 1.57. The first-order valence-electron chi connectivity index (χ1n) is 4.61. The Morgan fingerprint density at radius 3 is 3.07 bits per heavy atom. The van der Waals surface area contributed by atoms with Crippen LogP contribution in [0.1, 0.15) is 34.0 Å². The van der Waals surface area contributed by atoms with Gasteiger partial charge in [0.15, 0.2) is 0 Å². The first-order chi connectivity index (χ1) is 6.72. The lowest BCUT2D eigenvalue weighted by atomic mass is 10.1. The van der Waals surface area contributed by atoms with Crippen LogP contribution in [0.5, 0.6) is 0 Å². The minimum absolute atomic E-state index is 0.0619. The molecule has 1 aromatic carbocycles. The molecule has 0 fully saturated rings. The van der Waals surface area contributed by atoms with Gasteiger partial charge in [-0.05, 0) is 36.3 Å². The van der Waals surface area contributed by atoms with E-state index in [9.17, 15) is 9.90 Å². The van der Waals surface area contributed by atoms with Crippen molar-refractivity contribution in [1.29, 1.82) is 0 Å². The normalized spacial score (nSPS) is 19.4. The Labute approximate surface area is 87.3 Å². The van der Waals surface area contributed by atoms with Crippen LogP contribution in [0, 0.1) is 0 Å². The van der Waals surface area contributed by atoms with Gasteiger partial charge in [0.2, 0.25) is 5.12 Å². The summed E-state index contributed by atoms with van der Waals surface area (Å²) in [5.74, 6) is 0. The second-order valence-electron chi connectivity index (χ2n) is 3.46. The number of aliphatic hydroxyl groups is 1. The Morgan fingerprint density at radius 1 is 1.57 bits per heavy atom. The van der Waals surface area contributed by atoms with Crippen molar-refractivity contribution < 1.29 is 9.90 Å². The number of hydrogen-bond acceptors (Lipinski definition) is 3. The van der Waals surface area contributed by atoms with Gasteiger partial charge in [0, 0.05) is 5.56 Å². The maximum atomic E-state index is 11.4. The Hall–Kier alpha value is -0.800.